The minimum absolute atomic E-state index is 0.000854. The summed E-state index contributed by atoms with van der Waals surface area (Å²) in [4.78, 5) is 40.0. The molecule has 0 atom stereocenters. The fourth-order valence-electron chi connectivity index (χ4n) is 3.39. The van der Waals surface area contributed by atoms with Crippen molar-refractivity contribution >= 4 is 40.3 Å². The number of hydrogen-bond donors (Lipinski definition) is 0. The molecule has 28 heavy (non-hydrogen) atoms. The quantitative estimate of drug-likeness (QED) is 0.590. The fraction of sp³-hybridized carbons (Fsp3) is 0.389. The number of carbonyl (C=O) groups excluding carboxylic acids is 2. The van der Waals surface area contributed by atoms with E-state index in [-0.39, 0.29) is 23.1 Å². The van der Waals surface area contributed by atoms with E-state index >= 15 is 0 Å². The number of amides is 2. The second-order valence-corrected chi connectivity index (χ2v) is 7.62. The van der Waals surface area contributed by atoms with Crippen molar-refractivity contribution in [2.24, 2.45) is 7.05 Å². The zero-order chi connectivity index (χ0) is 19.8. The average Bonchev–Trinajstić information content (AvgIpc) is 3.14. The average molecular weight is 400 g/mol. The van der Waals surface area contributed by atoms with Crippen LogP contribution in [0.25, 0.3) is 16.7 Å². The van der Waals surface area contributed by atoms with Crippen molar-refractivity contribution in [2.45, 2.75) is 12.1 Å². The third-order valence-corrected chi connectivity index (χ3v) is 5.91. The molecule has 0 saturated carbocycles. The number of para-hydroxylation sites is 1. The van der Waals surface area contributed by atoms with Crippen molar-refractivity contribution in [2.75, 3.05) is 31.9 Å². The monoisotopic (exact) mass is 400 g/mol. The molecule has 2 aromatic heterocycles. The summed E-state index contributed by atoms with van der Waals surface area (Å²) in [5, 5.41) is 9.47. The molecule has 1 aromatic carbocycles. The van der Waals surface area contributed by atoms with Gasteiger partial charge in [0.2, 0.25) is 17.6 Å². The van der Waals surface area contributed by atoms with E-state index in [1.165, 1.54) is 16.3 Å². The van der Waals surface area contributed by atoms with Gasteiger partial charge in [-0.3, -0.25) is 23.4 Å². The van der Waals surface area contributed by atoms with Crippen LogP contribution in [-0.4, -0.2) is 72.7 Å². The van der Waals surface area contributed by atoms with Gasteiger partial charge in [-0.2, -0.15) is 0 Å². The Morgan fingerprint density at radius 3 is 2.46 bits per heavy atom. The Balaban J connectivity index is 1.56. The first kappa shape index (κ1) is 18.5. The topological polar surface area (TPSA) is 92.8 Å². The summed E-state index contributed by atoms with van der Waals surface area (Å²) >= 11 is 1.30. The maximum absolute atomic E-state index is 12.6. The van der Waals surface area contributed by atoms with Gasteiger partial charge in [0.15, 0.2) is 5.16 Å². The first-order valence-corrected chi connectivity index (χ1v) is 9.95. The summed E-state index contributed by atoms with van der Waals surface area (Å²) in [7, 11) is 1.66. The third kappa shape index (κ3) is 3.13. The number of aromatic nitrogens is 4. The highest BCUT2D eigenvalue weighted by molar-refractivity contribution is 7.99. The number of hydrogen-bond acceptors (Lipinski definition) is 6. The van der Waals surface area contributed by atoms with Gasteiger partial charge in [-0.1, -0.05) is 23.9 Å². The molecule has 1 saturated heterocycles. The van der Waals surface area contributed by atoms with Crippen molar-refractivity contribution in [1.29, 1.82) is 0 Å². The summed E-state index contributed by atoms with van der Waals surface area (Å²) in [6.07, 6.45) is 0. The van der Waals surface area contributed by atoms with Crippen LogP contribution in [0.2, 0.25) is 0 Å². The standard InChI is InChI=1S/C18H20N6O3S/c1-12(25)22-7-9-23(10-8-22)15(26)11-28-18-20-19-17-21(2)16(27)13-5-3-4-6-14(13)24(17)18/h3-6H,7-11H2,1-2H3. The molecule has 1 fully saturated rings. The number of aryl methyl sites for hydroxylation is 1. The number of rotatable bonds is 3. The molecule has 1 aliphatic rings. The highest BCUT2D eigenvalue weighted by atomic mass is 32.2. The Bertz CT molecular complexity index is 1130. The Hall–Kier alpha value is -2.88. The van der Waals surface area contributed by atoms with Crippen LogP contribution in [0.15, 0.2) is 34.2 Å². The third-order valence-electron chi connectivity index (χ3n) is 5.00. The van der Waals surface area contributed by atoms with Crippen molar-refractivity contribution < 1.29 is 9.59 Å². The second-order valence-electron chi connectivity index (χ2n) is 6.67. The van der Waals surface area contributed by atoms with Crippen molar-refractivity contribution in [1.82, 2.24) is 29.0 Å². The molecular formula is C18H20N6O3S. The van der Waals surface area contributed by atoms with Gasteiger partial charge in [0, 0.05) is 40.2 Å². The summed E-state index contributed by atoms with van der Waals surface area (Å²) in [6, 6.07) is 7.29. The van der Waals surface area contributed by atoms with Crippen LogP contribution in [0.3, 0.4) is 0 Å². The number of piperazine rings is 1. The lowest BCUT2D eigenvalue weighted by molar-refractivity contribution is -0.136. The van der Waals surface area contributed by atoms with E-state index in [9.17, 15) is 14.4 Å². The highest BCUT2D eigenvalue weighted by Gasteiger charge is 2.23. The molecule has 0 unspecified atom stereocenters. The normalized spacial score (nSPS) is 14.8. The van der Waals surface area contributed by atoms with Gasteiger partial charge in [-0.05, 0) is 12.1 Å². The molecule has 1 aliphatic heterocycles. The molecule has 146 valence electrons. The van der Waals surface area contributed by atoms with Gasteiger partial charge >= 0.3 is 0 Å². The minimum atomic E-state index is -0.133. The van der Waals surface area contributed by atoms with Crippen LogP contribution in [-0.2, 0) is 16.6 Å². The first-order valence-electron chi connectivity index (χ1n) is 8.96. The highest BCUT2D eigenvalue weighted by Crippen LogP contribution is 2.21. The number of nitrogens with zero attached hydrogens (tertiary/aromatic N) is 6. The van der Waals surface area contributed by atoms with Crippen LogP contribution >= 0.6 is 11.8 Å². The van der Waals surface area contributed by atoms with E-state index in [2.05, 4.69) is 10.2 Å². The maximum atomic E-state index is 12.6. The molecule has 0 spiro atoms. The molecular weight excluding hydrogens is 380 g/mol. The van der Waals surface area contributed by atoms with Crippen molar-refractivity contribution in [3.63, 3.8) is 0 Å². The predicted octanol–water partition coefficient (Wildman–Crippen LogP) is 0.364. The predicted molar refractivity (Wildman–Crippen MR) is 105 cm³/mol. The van der Waals surface area contributed by atoms with Crippen LogP contribution in [0.4, 0.5) is 0 Å². The zero-order valence-electron chi connectivity index (χ0n) is 15.7. The van der Waals surface area contributed by atoms with Gasteiger partial charge in [-0.15, -0.1) is 10.2 Å². The Kier molecular flexibility index (Phi) is 4.80. The molecule has 0 N–H and O–H groups in total. The smallest absolute Gasteiger partial charge is 0.262 e. The number of benzene rings is 1. The Labute approximate surface area is 164 Å². The molecule has 9 nitrogen and oxygen atoms in total. The number of carbonyl (C=O) groups is 2. The van der Waals surface area contributed by atoms with E-state index in [0.717, 1.165) is 5.52 Å². The van der Waals surface area contributed by atoms with Gasteiger partial charge in [0.05, 0.1) is 16.7 Å². The molecule has 0 radical (unpaired) electrons. The van der Waals surface area contributed by atoms with Crippen molar-refractivity contribution in [3.8, 4) is 0 Å². The number of thioether (sulfide) groups is 1. The van der Waals surface area contributed by atoms with Crippen molar-refractivity contribution in [3.05, 3.63) is 34.6 Å². The van der Waals surface area contributed by atoms with Gasteiger partial charge in [0.25, 0.3) is 5.56 Å². The van der Waals surface area contributed by atoms with Gasteiger partial charge in [-0.25, -0.2) is 0 Å². The first-order chi connectivity index (χ1) is 13.5. The summed E-state index contributed by atoms with van der Waals surface area (Å²) in [5.41, 5.74) is 0.585. The lowest BCUT2D eigenvalue weighted by atomic mass is 10.2. The van der Waals surface area contributed by atoms with E-state index < -0.39 is 0 Å². The molecule has 0 bridgehead atoms. The van der Waals surface area contributed by atoms with E-state index in [0.29, 0.717) is 42.5 Å². The van der Waals surface area contributed by atoms with Gasteiger partial charge in [0.1, 0.15) is 0 Å². The lowest BCUT2D eigenvalue weighted by Crippen LogP contribution is -2.50. The lowest BCUT2D eigenvalue weighted by Gasteiger charge is -2.34. The molecule has 4 rings (SSSR count). The van der Waals surface area contributed by atoms with Crippen LogP contribution in [0.5, 0.6) is 0 Å². The molecule has 2 amide bonds. The molecule has 0 aliphatic carbocycles. The van der Waals surface area contributed by atoms with E-state index in [4.69, 9.17) is 0 Å². The largest absolute Gasteiger partial charge is 0.339 e. The Morgan fingerprint density at radius 2 is 1.75 bits per heavy atom. The van der Waals surface area contributed by atoms with Crippen LogP contribution in [0.1, 0.15) is 6.92 Å². The zero-order valence-corrected chi connectivity index (χ0v) is 16.5. The molecule has 3 aromatic rings. The second kappa shape index (κ2) is 7.27. The summed E-state index contributed by atoms with van der Waals surface area (Å²) in [5.74, 6) is 0.694. The molecule has 10 heteroatoms. The van der Waals surface area contributed by atoms with Crippen LogP contribution in [0, 0.1) is 0 Å². The SMILES string of the molecule is CC(=O)N1CCN(C(=O)CSc2nnc3n(C)c(=O)c4ccccc4n23)CC1. The minimum Gasteiger partial charge on any atom is -0.339 e. The summed E-state index contributed by atoms with van der Waals surface area (Å²) in [6.45, 7) is 3.74. The number of fused-ring (bicyclic) bond motifs is 3. The summed E-state index contributed by atoms with van der Waals surface area (Å²) < 4.78 is 3.27. The maximum Gasteiger partial charge on any atom is 0.262 e. The van der Waals surface area contributed by atoms with E-state index in [1.54, 1.807) is 29.8 Å². The van der Waals surface area contributed by atoms with E-state index in [1.807, 2.05) is 22.6 Å². The van der Waals surface area contributed by atoms with Gasteiger partial charge < -0.3 is 9.80 Å². The Morgan fingerprint density at radius 1 is 1.07 bits per heavy atom. The van der Waals surface area contributed by atoms with Crippen LogP contribution < -0.4 is 5.56 Å². The molecule has 3 heterocycles. The fourth-order valence-corrected chi connectivity index (χ4v) is 4.24.